The lowest BCUT2D eigenvalue weighted by atomic mass is 10.1. The predicted octanol–water partition coefficient (Wildman–Crippen LogP) is 4.50. The number of hydrogen-bond donors (Lipinski definition) is 3. The largest absolute Gasteiger partial charge is 0.359 e. The van der Waals surface area contributed by atoms with Gasteiger partial charge in [-0.3, -0.25) is 4.72 Å². The number of hydrogen-bond acceptors (Lipinski definition) is 3. The SMILES string of the molecule is CC[Si](CC)(CC)c1ccc(CNC(=S)N[C@H](C)c2ccc(NS(C)(=O)=O)cc2)cc1. The smallest absolute Gasteiger partial charge is 0.229 e. The van der Waals surface area contributed by atoms with Crippen LogP contribution in [0.1, 0.15) is 44.9 Å². The lowest BCUT2D eigenvalue weighted by molar-refractivity contribution is 0.607. The highest BCUT2D eigenvalue weighted by Gasteiger charge is 2.28. The molecule has 0 radical (unpaired) electrons. The number of sulfonamides is 1. The minimum absolute atomic E-state index is 0.0000568. The van der Waals surface area contributed by atoms with Crippen LogP contribution < -0.4 is 20.5 Å². The molecule has 0 saturated heterocycles. The first-order valence-corrected chi connectivity index (χ1v) is 15.8. The summed E-state index contributed by atoms with van der Waals surface area (Å²) in [7, 11) is -4.61. The van der Waals surface area contributed by atoms with Crippen molar-refractivity contribution in [2.75, 3.05) is 11.0 Å². The Morgan fingerprint density at radius 3 is 2.00 bits per heavy atom. The molecule has 0 aromatic heterocycles. The van der Waals surface area contributed by atoms with Crippen molar-refractivity contribution in [2.24, 2.45) is 0 Å². The molecule has 0 aliphatic heterocycles. The molecule has 2 aromatic rings. The lowest BCUT2D eigenvalue weighted by Crippen LogP contribution is -2.45. The fraction of sp³-hybridized carbons (Fsp3) is 0.435. The first kappa shape index (κ1) is 25.4. The van der Waals surface area contributed by atoms with Gasteiger partial charge in [-0.05, 0) is 42.4 Å². The van der Waals surface area contributed by atoms with E-state index >= 15 is 0 Å². The highest BCUT2D eigenvalue weighted by Crippen LogP contribution is 2.20. The first-order valence-electron chi connectivity index (χ1n) is 10.8. The maximum atomic E-state index is 11.3. The van der Waals surface area contributed by atoms with Crippen LogP contribution in [0.5, 0.6) is 0 Å². The van der Waals surface area contributed by atoms with Crippen LogP contribution >= 0.6 is 12.2 Å². The number of rotatable bonds is 10. The second-order valence-corrected chi connectivity index (χ2v) is 15.5. The number of nitrogens with one attached hydrogen (secondary N) is 3. The van der Waals surface area contributed by atoms with E-state index in [1.165, 1.54) is 23.7 Å². The van der Waals surface area contributed by atoms with Crippen molar-refractivity contribution < 1.29 is 8.42 Å². The van der Waals surface area contributed by atoms with Crippen LogP contribution in [-0.4, -0.2) is 27.9 Å². The van der Waals surface area contributed by atoms with Gasteiger partial charge in [0, 0.05) is 12.2 Å². The van der Waals surface area contributed by atoms with Crippen LogP contribution in [0.3, 0.4) is 0 Å². The molecule has 3 N–H and O–H groups in total. The van der Waals surface area contributed by atoms with E-state index in [1.54, 1.807) is 17.3 Å². The van der Waals surface area contributed by atoms with Crippen LogP contribution in [0.25, 0.3) is 0 Å². The average molecular weight is 478 g/mol. The lowest BCUT2D eigenvalue weighted by Gasteiger charge is -2.28. The van der Waals surface area contributed by atoms with Crippen molar-refractivity contribution in [3.05, 3.63) is 59.7 Å². The molecule has 5 nitrogen and oxygen atoms in total. The van der Waals surface area contributed by atoms with Crippen LogP contribution in [0.15, 0.2) is 48.5 Å². The van der Waals surface area contributed by atoms with Crippen molar-refractivity contribution in [1.29, 1.82) is 0 Å². The molecule has 2 rings (SSSR count). The summed E-state index contributed by atoms with van der Waals surface area (Å²) in [4.78, 5) is 0. The molecule has 0 bridgehead atoms. The summed E-state index contributed by atoms with van der Waals surface area (Å²) < 4.78 is 25.1. The summed E-state index contributed by atoms with van der Waals surface area (Å²) in [6.45, 7) is 9.68. The standard InChI is InChI=1S/C23H35N3O2S2Si/c1-6-31(7-2,8-3)22-15-9-19(10-16-22)17-24-23(29)25-18(4)20-11-13-21(14-12-20)26-30(5,27)28/h9-16,18,26H,6-8,17H2,1-5H3,(H2,24,25,29)/t18-/m1/s1. The van der Waals surface area contributed by atoms with Crippen molar-refractivity contribution in [1.82, 2.24) is 10.6 Å². The zero-order chi connectivity index (χ0) is 23.1. The van der Waals surface area contributed by atoms with Gasteiger partial charge in [-0.25, -0.2) is 8.42 Å². The van der Waals surface area contributed by atoms with Gasteiger partial charge in [-0.1, -0.05) is 80.5 Å². The summed E-state index contributed by atoms with van der Waals surface area (Å²) in [6, 6.07) is 20.2. The van der Waals surface area contributed by atoms with Gasteiger partial charge in [0.2, 0.25) is 10.0 Å². The molecule has 1 atom stereocenters. The van der Waals surface area contributed by atoms with Crippen LogP contribution in [0, 0.1) is 0 Å². The predicted molar refractivity (Wildman–Crippen MR) is 139 cm³/mol. The van der Waals surface area contributed by atoms with E-state index in [9.17, 15) is 8.42 Å². The number of benzene rings is 2. The maximum absolute atomic E-state index is 11.3. The van der Waals surface area contributed by atoms with Gasteiger partial charge in [0.05, 0.1) is 20.4 Å². The quantitative estimate of drug-likeness (QED) is 0.347. The second-order valence-electron chi connectivity index (χ2n) is 8.08. The van der Waals surface area contributed by atoms with Gasteiger partial charge < -0.3 is 10.6 Å². The minimum Gasteiger partial charge on any atom is -0.359 e. The summed E-state index contributed by atoms with van der Waals surface area (Å²) >= 11 is 5.46. The van der Waals surface area contributed by atoms with Crippen LogP contribution in [0.4, 0.5) is 5.69 Å². The third kappa shape index (κ3) is 7.33. The molecule has 0 saturated carbocycles. The van der Waals surface area contributed by atoms with Gasteiger partial charge in [0.1, 0.15) is 0 Å². The van der Waals surface area contributed by atoms with Crippen molar-refractivity contribution in [3.8, 4) is 0 Å². The molecular weight excluding hydrogens is 442 g/mol. The minimum atomic E-state index is -3.27. The molecule has 0 aliphatic carbocycles. The monoisotopic (exact) mass is 477 g/mol. The maximum Gasteiger partial charge on any atom is 0.229 e. The van der Waals surface area contributed by atoms with E-state index in [2.05, 4.69) is 60.4 Å². The third-order valence-electron chi connectivity index (χ3n) is 6.11. The Hall–Kier alpha value is -1.90. The van der Waals surface area contributed by atoms with Gasteiger partial charge in [-0.15, -0.1) is 0 Å². The van der Waals surface area contributed by atoms with Crippen molar-refractivity contribution in [3.63, 3.8) is 0 Å². The Bertz CT molecular complexity index is 949. The molecule has 0 spiro atoms. The van der Waals surface area contributed by atoms with Crippen LogP contribution in [-0.2, 0) is 16.6 Å². The first-order chi connectivity index (χ1) is 14.6. The van der Waals surface area contributed by atoms with Crippen LogP contribution in [0.2, 0.25) is 18.1 Å². The Morgan fingerprint density at radius 1 is 0.968 bits per heavy atom. The second kappa shape index (κ2) is 11.1. The van der Waals surface area contributed by atoms with E-state index < -0.39 is 18.1 Å². The van der Waals surface area contributed by atoms with E-state index in [0.29, 0.717) is 17.3 Å². The summed E-state index contributed by atoms with van der Waals surface area (Å²) in [5.41, 5.74) is 2.78. The molecule has 170 valence electrons. The zero-order valence-corrected chi connectivity index (χ0v) is 21.8. The topological polar surface area (TPSA) is 70.2 Å². The van der Waals surface area contributed by atoms with E-state index in [4.69, 9.17) is 12.2 Å². The van der Waals surface area contributed by atoms with Gasteiger partial charge in [-0.2, -0.15) is 0 Å². The fourth-order valence-corrected chi connectivity index (χ4v) is 8.32. The van der Waals surface area contributed by atoms with E-state index in [-0.39, 0.29) is 6.04 Å². The Balaban J connectivity index is 1.90. The molecule has 8 heteroatoms. The van der Waals surface area contributed by atoms with Crippen molar-refractivity contribution in [2.45, 2.75) is 58.4 Å². The van der Waals surface area contributed by atoms with Gasteiger partial charge in [0.15, 0.2) is 5.11 Å². The molecule has 0 heterocycles. The summed E-state index contributed by atoms with van der Waals surface area (Å²) in [6.07, 6.45) is 1.14. The number of anilines is 1. The van der Waals surface area contributed by atoms with Gasteiger partial charge >= 0.3 is 0 Å². The molecule has 0 aliphatic rings. The highest BCUT2D eigenvalue weighted by molar-refractivity contribution is 7.92. The molecule has 31 heavy (non-hydrogen) atoms. The molecule has 2 aromatic carbocycles. The summed E-state index contributed by atoms with van der Waals surface area (Å²) in [5, 5.41) is 8.71. The third-order valence-corrected chi connectivity index (χ3v) is 12.6. The van der Waals surface area contributed by atoms with Gasteiger partial charge in [0.25, 0.3) is 0 Å². The molecule has 0 amide bonds. The zero-order valence-electron chi connectivity index (χ0n) is 19.2. The molecular formula is C23H35N3O2S2Si. The summed E-state index contributed by atoms with van der Waals surface area (Å²) in [5.74, 6) is 0. The number of thiocarbonyl (C=S) groups is 1. The Kier molecular flexibility index (Phi) is 9.09. The van der Waals surface area contributed by atoms with E-state index in [1.807, 2.05) is 19.1 Å². The van der Waals surface area contributed by atoms with E-state index in [0.717, 1.165) is 11.8 Å². The Labute approximate surface area is 194 Å². The Morgan fingerprint density at radius 2 is 1.52 bits per heavy atom. The highest BCUT2D eigenvalue weighted by atomic mass is 32.2. The normalized spacial score (nSPS) is 12.8. The average Bonchev–Trinajstić information content (AvgIpc) is 2.74. The fourth-order valence-electron chi connectivity index (χ4n) is 3.91. The van der Waals surface area contributed by atoms with Crippen molar-refractivity contribution >= 4 is 46.3 Å². The molecule has 0 unspecified atom stereocenters. The molecule has 0 fully saturated rings.